The molecule has 0 amide bonds. The van der Waals surface area contributed by atoms with Crippen LogP contribution in [0.15, 0.2) is 65.6 Å². The first-order valence-corrected chi connectivity index (χ1v) is 6.25. The lowest BCUT2D eigenvalue weighted by Gasteiger charge is -2.01. The van der Waals surface area contributed by atoms with Gasteiger partial charge in [0, 0.05) is 16.8 Å². The molecule has 0 atom stereocenters. The average Bonchev–Trinajstić information content (AvgIpc) is 2.82. The molecule has 94 valence electrons. The SMILES string of the molecule is O=c1[nH]n(-c2ccccc2)cc1-c1ccccc1Cl. The van der Waals surface area contributed by atoms with Gasteiger partial charge >= 0.3 is 0 Å². The molecule has 3 rings (SSSR count). The molecule has 0 radical (unpaired) electrons. The van der Waals surface area contributed by atoms with Crippen molar-refractivity contribution in [1.82, 2.24) is 9.78 Å². The van der Waals surface area contributed by atoms with Crippen molar-refractivity contribution in [2.45, 2.75) is 0 Å². The first kappa shape index (κ1) is 11.8. The lowest BCUT2D eigenvalue weighted by atomic mass is 10.1. The highest BCUT2D eigenvalue weighted by molar-refractivity contribution is 6.33. The Balaban J connectivity index is 2.14. The van der Waals surface area contributed by atoms with E-state index in [1.807, 2.05) is 48.5 Å². The summed E-state index contributed by atoms with van der Waals surface area (Å²) in [6, 6.07) is 16.9. The van der Waals surface area contributed by atoms with Crippen molar-refractivity contribution in [3.05, 3.63) is 76.2 Å². The van der Waals surface area contributed by atoms with Gasteiger partial charge in [-0.2, -0.15) is 0 Å². The molecular weight excluding hydrogens is 260 g/mol. The molecule has 0 aliphatic heterocycles. The van der Waals surface area contributed by atoms with Crippen LogP contribution in [0.1, 0.15) is 0 Å². The predicted octanol–water partition coefficient (Wildman–Crippen LogP) is 3.49. The highest BCUT2D eigenvalue weighted by atomic mass is 35.5. The van der Waals surface area contributed by atoms with Gasteiger partial charge in [-0.25, -0.2) is 0 Å². The van der Waals surface area contributed by atoms with E-state index in [1.165, 1.54) is 0 Å². The molecule has 0 unspecified atom stereocenters. The van der Waals surface area contributed by atoms with E-state index in [9.17, 15) is 4.79 Å². The van der Waals surface area contributed by atoms with Crippen LogP contribution in [0.25, 0.3) is 16.8 Å². The molecular formula is C15H11ClN2O. The van der Waals surface area contributed by atoms with E-state index in [-0.39, 0.29) is 5.56 Å². The van der Waals surface area contributed by atoms with E-state index >= 15 is 0 Å². The molecule has 3 aromatic rings. The van der Waals surface area contributed by atoms with E-state index in [1.54, 1.807) is 16.9 Å². The fourth-order valence-electron chi connectivity index (χ4n) is 1.99. The molecule has 0 saturated carbocycles. The quantitative estimate of drug-likeness (QED) is 0.760. The Hall–Kier alpha value is -2.26. The second-order valence-electron chi connectivity index (χ2n) is 4.17. The van der Waals surface area contributed by atoms with Gasteiger partial charge in [-0.15, -0.1) is 0 Å². The van der Waals surface area contributed by atoms with Crippen molar-refractivity contribution in [3.63, 3.8) is 0 Å². The van der Waals surface area contributed by atoms with Crippen molar-refractivity contribution in [1.29, 1.82) is 0 Å². The lowest BCUT2D eigenvalue weighted by molar-refractivity contribution is 0.864. The summed E-state index contributed by atoms with van der Waals surface area (Å²) < 4.78 is 1.70. The molecule has 1 aromatic heterocycles. The maximum Gasteiger partial charge on any atom is 0.272 e. The van der Waals surface area contributed by atoms with E-state index in [0.717, 1.165) is 11.3 Å². The number of aromatic amines is 1. The number of nitrogens with one attached hydrogen (secondary N) is 1. The minimum atomic E-state index is -0.156. The van der Waals surface area contributed by atoms with Crippen molar-refractivity contribution in [2.75, 3.05) is 0 Å². The zero-order chi connectivity index (χ0) is 13.2. The Kier molecular flexibility index (Phi) is 2.97. The summed E-state index contributed by atoms with van der Waals surface area (Å²) in [4.78, 5) is 12.0. The predicted molar refractivity (Wildman–Crippen MR) is 76.8 cm³/mol. The van der Waals surface area contributed by atoms with Gasteiger partial charge in [0.05, 0.1) is 11.3 Å². The summed E-state index contributed by atoms with van der Waals surface area (Å²) in [6.45, 7) is 0. The first-order valence-electron chi connectivity index (χ1n) is 5.88. The smallest absolute Gasteiger partial charge is 0.267 e. The first-order chi connectivity index (χ1) is 9.25. The average molecular weight is 271 g/mol. The summed E-state index contributed by atoms with van der Waals surface area (Å²) in [5, 5.41) is 3.36. The van der Waals surface area contributed by atoms with Crippen LogP contribution in [0.4, 0.5) is 0 Å². The Morgan fingerprint density at radius 1 is 0.895 bits per heavy atom. The second-order valence-corrected chi connectivity index (χ2v) is 4.58. The van der Waals surface area contributed by atoms with Gasteiger partial charge in [-0.1, -0.05) is 48.0 Å². The van der Waals surface area contributed by atoms with Crippen molar-refractivity contribution in [2.24, 2.45) is 0 Å². The molecule has 0 spiro atoms. The molecule has 3 nitrogen and oxygen atoms in total. The topological polar surface area (TPSA) is 37.8 Å². The number of H-pyrrole nitrogens is 1. The molecule has 0 bridgehead atoms. The van der Waals surface area contributed by atoms with Gasteiger partial charge in [0.2, 0.25) is 0 Å². The van der Waals surface area contributed by atoms with Crippen molar-refractivity contribution >= 4 is 11.6 Å². The normalized spacial score (nSPS) is 10.6. The van der Waals surface area contributed by atoms with E-state index < -0.39 is 0 Å². The minimum Gasteiger partial charge on any atom is -0.267 e. The summed E-state index contributed by atoms with van der Waals surface area (Å²) in [5.74, 6) is 0. The summed E-state index contributed by atoms with van der Waals surface area (Å²) in [5.41, 5.74) is 2.05. The molecule has 1 N–H and O–H groups in total. The van der Waals surface area contributed by atoms with Crippen LogP contribution in [0, 0.1) is 0 Å². The Morgan fingerprint density at radius 3 is 2.32 bits per heavy atom. The second kappa shape index (κ2) is 4.78. The van der Waals surface area contributed by atoms with Crippen molar-refractivity contribution in [3.8, 4) is 16.8 Å². The Bertz CT molecular complexity index is 759. The van der Waals surface area contributed by atoms with Crippen LogP contribution in [-0.2, 0) is 0 Å². The number of hydrogen-bond donors (Lipinski definition) is 1. The third-order valence-corrected chi connectivity index (χ3v) is 3.25. The van der Waals surface area contributed by atoms with E-state index in [2.05, 4.69) is 5.10 Å². The largest absolute Gasteiger partial charge is 0.272 e. The third kappa shape index (κ3) is 2.20. The van der Waals surface area contributed by atoms with Crippen LogP contribution in [0.3, 0.4) is 0 Å². The Morgan fingerprint density at radius 2 is 1.58 bits per heavy atom. The molecule has 0 saturated heterocycles. The number of aromatic nitrogens is 2. The standard InChI is InChI=1S/C15H11ClN2O/c16-14-9-5-4-8-12(14)13-10-18(17-15(13)19)11-6-2-1-3-7-11/h1-10H,(H,17,19). The van der Waals surface area contributed by atoms with E-state index in [4.69, 9.17) is 11.6 Å². The molecule has 4 heteroatoms. The van der Waals surface area contributed by atoms with Gasteiger partial charge < -0.3 is 0 Å². The van der Waals surface area contributed by atoms with Crippen LogP contribution in [0.5, 0.6) is 0 Å². The monoisotopic (exact) mass is 270 g/mol. The summed E-state index contributed by atoms with van der Waals surface area (Å²) in [6.07, 6.45) is 1.76. The highest BCUT2D eigenvalue weighted by Gasteiger charge is 2.10. The maximum absolute atomic E-state index is 12.0. The maximum atomic E-state index is 12.0. The van der Waals surface area contributed by atoms with Gasteiger partial charge in [0.1, 0.15) is 0 Å². The number of halogens is 1. The number of rotatable bonds is 2. The van der Waals surface area contributed by atoms with Crippen LogP contribution in [-0.4, -0.2) is 9.78 Å². The van der Waals surface area contributed by atoms with E-state index in [0.29, 0.717) is 10.6 Å². The van der Waals surface area contributed by atoms with Crippen LogP contribution >= 0.6 is 11.6 Å². The number of hydrogen-bond acceptors (Lipinski definition) is 1. The number of para-hydroxylation sites is 1. The van der Waals surface area contributed by atoms with Crippen LogP contribution < -0.4 is 5.56 Å². The molecule has 1 heterocycles. The van der Waals surface area contributed by atoms with Crippen LogP contribution in [0.2, 0.25) is 5.02 Å². The van der Waals surface area contributed by atoms with Gasteiger partial charge in [0.15, 0.2) is 0 Å². The molecule has 0 aliphatic carbocycles. The van der Waals surface area contributed by atoms with Gasteiger partial charge in [0.25, 0.3) is 5.56 Å². The Labute approximate surface area is 115 Å². The minimum absolute atomic E-state index is 0.156. The number of benzene rings is 2. The highest BCUT2D eigenvalue weighted by Crippen LogP contribution is 2.25. The summed E-state index contributed by atoms with van der Waals surface area (Å²) in [7, 11) is 0. The molecule has 19 heavy (non-hydrogen) atoms. The number of nitrogens with zero attached hydrogens (tertiary/aromatic N) is 1. The molecule has 2 aromatic carbocycles. The lowest BCUT2D eigenvalue weighted by Crippen LogP contribution is -2.05. The van der Waals surface area contributed by atoms with Gasteiger partial charge in [-0.05, 0) is 18.2 Å². The third-order valence-electron chi connectivity index (χ3n) is 2.92. The zero-order valence-corrected chi connectivity index (χ0v) is 10.8. The van der Waals surface area contributed by atoms with Gasteiger partial charge in [-0.3, -0.25) is 14.6 Å². The zero-order valence-electron chi connectivity index (χ0n) is 10.0. The molecule has 0 fully saturated rings. The summed E-state index contributed by atoms with van der Waals surface area (Å²) >= 11 is 6.12. The molecule has 0 aliphatic rings. The van der Waals surface area contributed by atoms with Crippen molar-refractivity contribution < 1.29 is 0 Å². The fraction of sp³-hybridized carbons (Fsp3) is 0. The fourth-order valence-corrected chi connectivity index (χ4v) is 2.23.